The van der Waals surface area contributed by atoms with Crippen molar-refractivity contribution in [2.75, 3.05) is 36.5 Å². The van der Waals surface area contributed by atoms with Gasteiger partial charge in [-0.2, -0.15) is 0 Å². The number of carbonyl (C=O) groups excluding carboxylic acids is 2. The molecule has 2 amide bonds. The van der Waals surface area contributed by atoms with Gasteiger partial charge in [-0.05, 0) is 38.8 Å². The molecule has 0 radical (unpaired) electrons. The normalized spacial score (nSPS) is 18.2. The van der Waals surface area contributed by atoms with Gasteiger partial charge in [0.25, 0.3) is 0 Å². The molecule has 2 N–H and O–H groups in total. The zero-order valence-corrected chi connectivity index (χ0v) is 14.3. The molecule has 2 fully saturated rings. The minimum Gasteiger partial charge on any atom is -0.378 e. The molecule has 0 spiro atoms. The predicted octanol–water partition coefficient (Wildman–Crippen LogP) is 1.77. The Morgan fingerprint density at radius 1 is 1.12 bits per heavy atom. The smallest absolute Gasteiger partial charge is 0.239 e. The third kappa shape index (κ3) is 3.70. The van der Waals surface area contributed by atoms with Gasteiger partial charge in [0.05, 0.1) is 24.6 Å². The van der Waals surface area contributed by atoms with E-state index >= 15 is 0 Å². The zero-order chi connectivity index (χ0) is 17.2. The van der Waals surface area contributed by atoms with E-state index in [1.54, 1.807) is 13.8 Å². The van der Waals surface area contributed by atoms with Gasteiger partial charge >= 0.3 is 0 Å². The Morgan fingerprint density at radius 3 is 2.46 bits per heavy atom. The SMILES string of the molecule is CC(C)(C(=O)Nc1ccccc1N1CCOCC1)C(=O)NC1CC1. The first-order valence-corrected chi connectivity index (χ1v) is 8.52. The molecule has 130 valence electrons. The topological polar surface area (TPSA) is 70.7 Å². The second-order valence-corrected chi connectivity index (χ2v) is 6.94. The molecule has 1 heterocycles. The van der Waals surface area contributed by atoms with Gasteiger partial charge in [0.1, 0.15) is 5.41 Å². The third-order valence-corrected chi connectivity index (χ3v) is 4.55. The standard InChI is InChI=1S/C18H25N3O3/c1-18(2,16(22)19-13-7-8-13)17(23)20-14-5-3-4-6-15(14)21-9-11-24-12-10-21/h3-6,13H,7-12H2,1-2H3,(H,19,22)(H,20,23). The summed E-state index contributed by atoms with van der Waals surface area (Å²) in [6.45, 7) is 6.26. The summed E-state index contributed by atoms with van der Waals surface area (Å²) in [7, 11) is 0. The highest BCUT2D eigenvalue weighted by atomic mass is 16.5. The molecule has 0 unspecified atom stereocenters. The number of anilines is 2. The van der Waals surface area contributed by atoms with Crippen LogP contribution >= 0.6 is 0 Å². The van der Waals surface area contributed by atoms with Crippen molar-refractivity contribution in [1.82, 2.24) is 5.32 Å². The van der Waals surface area contributed by atoms with Gasteiger partial charge in [-0.25, -0.2) is 0 Å². The number of morpholine rings is 1. The van der Waals surface area contributed by atoms with Crippen LogP contribution < -0.4 is 15.5 Å². The molecule has 6 heteroatoms. The minimum absolute atomic E-state index is 0.216. The van der Waals surface area contributed by atoms with Crippen molar-refractivity contribution in [3.05, 3.63) is 24.3 Å². The second-order valence-electron chi connectivity index (χ2n) is 6.94. The largest absolute Gasteiger partial charge is 0.378 e. The van der Waals surface area contributed by atoms with Gasteiger partial charge in [-0.15, -0.1) is 0 Å². The van der Waals surface area contributed by atoms with Crippen LogP contribution in [-0.4, -0.2) is 44.2 Å². The fourth-order valence-electron chi connectivity index (χ4n) is 2.63. The molecule has 1 aliphatic heterocycles. The molecule has 1 saturated heterocycles. The number of nitrogens with one attached hydrogen (secondary N) is 2. The molecule has 24 heavy (non-hydrogen) atoms. The van der Waals surface area contributed by atoms with Crippen LogP contribution in [0.25, 0.3) is 0 Å². The average Bonchev–Trinajstić information content (AvgIpc) is 3.40. The van der Waals surface area contributed by atoms with Gasteiger partial charge in [0.2, 0.25) is 11.8 Å². The van der Waals surface area contributed by atoms with Crippen molar-refractivity contribution in [3.8, 4) is 0 Å². The minimum atomic E-state index is -1.11. The van der Waals surface area contributed by atoms with Crippen molar-refractivity contribution in [1.29, 1.82) is 0 Å². The van der Waals surface area contributed by atoms with E-state index in [-0.39, 0.29) is 17.9 Å². The number of hydrogen-bond acceptors (Lipinski definition) is 4. The maximum Gasteiger partial charge on any atom is 0.239 e. The van der Waals surface area contributed by atoms with Crippen LogP contribution in [0.15, 0.2) is 24.3 Å². The Kier molecular flexibility index (Phi) is 4.76. The van der Waals surface area contributed by atoms with Crippen LogP contribution in [0.4, 0.5) is 11.4 Å². The summed E-state index contributed by atoms with van der Waals surface area (Å²) in [5, 5.41) is 5.85. The first-order chi connectivity index (χ1) is 11.5. The number of hydrogen-bond donors (Lipinski definition) is 2. The molecular weight excluding hydrogens is 306 g/mol. The van der Waals surface area contributed by atoms with Crippen LogP contribution in [0, 0.1) is 5.41 Å². The molecule has 6 nitrogen and oxygen atoms in total. The van der Waals surface area contributed by atoms with Crippen molar-refractivity contribution in [2.45, 2.75) is 32.7 Å². The maximum atomic E-state index is 12.7. The van der Waals surface area contributed by atoms with Gasteiger partial charge in [0.15, 0.2) is 0 Å². The molecule has 0 atom stereocenters. The molecule has 0 bridgehead atoms. The lowest BCUT2D eigenvalue weighted by atomic mass is 9.90. The Balaban J connectivity index is 1.72. The number of amides is 2. The van der Waals surface area contributed by atoms with E-state index in [1.807, 2.05) is 24.3 Å². The summed E-state index contributed by atoms with van der Waals surface area (Å²) in [4.78, 5) is 27.2. The first-order valence-electron chi connectivity index (χ1n) is 8.52. The Morgan fingerprint density at radius 2 is 1.79 bits per heavy atom. The highest BCUT2D eigenvalue weighted by molar-refractivity contribution is 6.10. The van der Waals surface area contributed by atoms with E-state index in [0.717, 1.165) is 37.3 Å². The molecule has 1 aliphatic carbocycles. The second kappa shape index (κ2) is 6.81. The van der Waals surface area contributed by atoms with Crippen molar-refractivity contribution >= 4 is 23.2 Å². The van der Waals surface area contributed by atoms with Crippen LogP contribution in [0.5, 0.6) is 0 Å². The lowest BCUT2D eigenvalue weighted by Crippen LogP contribution is -2.46. The van der Waals surface area contributed by atoms with Crippen molar-refractivity contribution < 1.29 is 14.3 Å². The lowest BCUT2D eigenvalue weighted by molar-refractivity contribution is -0.138. The summed E-state index contributed by atoms with van der Waals surface area (Å²) in [5.74, 6) is -0.507. The highest BCUT2D eigenvalue weighted by Gasteiger charge is 2.39. The van der Waals surface area contributed by atoms with Gasteiger partial charge in [-0.1, -0.05) is 12.1 Å². The van der Waals surface area contributed by atoms with E-state index < -0.39 is 5.41 Å². The van der Waals surface area contributed by atoms with Crippen molar-refractivity contribution in [2.24, 2.45) is 5.41 Å². The Hall–Kier alpha value is -2.08. The molecule has 0 aromatic heterocycles. The zero-order valence-electron chi connectivity index (χ0n) is 14.3. The summed E-state index contributed by atoms with van der Waals surface area (Å²) in [6.07, 6.45) is 2.01. The van der Waals surface area contributed by atoms with E-state index in [1.165, 1.54) is 0 Å². The van der Waals surface area contributed by atoms with Gasteiger partial charge < -0.3 is 20.3 Å². The summed E-state index contributed by atoms with van der Waals surface area (Å²) in [6, 6.07) is 7.93. The number of para-hydroxylation sites is 2. The summed E-state index contributed by atoms with van der Waals surface area (Å²) >= 11 is 0. The predicted molar refractivity (Wildman–Crippen MR) is 93.0 cm³/mol. The van der Waals surface area contributed by atoms with Crippen LogP contribution in [0.3, 0.4) is 0 Å². The first kappa shape index (κ1) is 16.8. The van der Waals surface area contributed by atoms with Crippen molar-refractivity contribution in [3.63, 3.8) is 0 Å². The maximum absolute atomic E-state index is 12.7. The van der Waals surface area contributed by atoms with Crippen LogP contribution in [0.1, 0.15) is 26.7 Å². The molecule has 2 aliphatic rings. The molecule has 1 aromatic carbocycles. The van der Waals surface area contributed by atoms with Gasteiger partial charge in [-0.3, -0.25) is 9.59 Å². The lowest BCUT2D eigenvalue weighted by Gasteiger charge is -2.31. The fourth-order valence-corrected chi connectivity index (χ4v) is 2.63. The number of nitrogens with zero attached hydrogens (tertiary/aromatic N) is 1. The highest BCUT2D eigenvalue weighted by Crippen LogP contribution is 2.29. The fraction of sp³-hybridized carbons (Fsp3) is 0.556. The van der Waals surface area contributed by atoms with E-state index in [9.17, 15) is 9.59 Å². The van der Waals surface area contributed by atoms with E-state index in [0.29, 0.717) is 13.2 Å². The molecule has 1 aromatic rings. The van der Waals surface area contributed by atoms with Gasteiger partial charge in [0, 0.05) is 19.1 Å². The number of ether oxygens (including phenoxy) is 1. The quantitative estimate of drug-likeness (QED) is 0.807. The van der Waals surface area contributed by atoms with Crippen LogP contribution in [0.2, 0.25) is 0 Å². The third-order valence-electron chi connectivity index (χ3n) is 4.55. The Labute approximate surface area is 142 Å². The van der Waals surface area contributed by atoms with E-state index in [2.05, 4.69) is 15.5 Å². The molecule has 3 rings (SSSR count). The van der Waals surface area contributed by atoms with E-state index in [4.69, 9.17) is 4.74 Å². The number of rotatable bonds is 5. The number of benzene rings is 1. The summed E-state index contributed by atoms with van der Waals surface area (Å²) in [5.41, 5.74) is 0.588. The monoisotopic (exact) mass is 331 g/mol. The average molecular weight is 331 g/mol. The Bertz CT molecular complexity index is 620. The molecular formula is C18H25N3O3. The summed E-state index contributed by atoms with van der Waals surface area (Å²) < 4.78 is 5.39. The number of carbonyl (C=O) groups is 2. The molecule has 1 saturated carbocycles. The van der Waals surface area contributed by atoms with Crippen LogP contribution in [-0.2, 0) is 14.3 Å².